The molecule has 1 unspecified atom stereocenters. The lowest BCUT2D eigenvalue weighted by atomic mass is 9.74. The molecule has 2 N–H and O–H groups in total. The van der Waals surface area contributed by atoms with E-state index in [9.17, 15) is 0 Å². The zero-order chi connectivity index (χ0) is 10.3. The highest BCUT2D eigenvalue weighted by molar-refractivity contribution is 7.11. The van der Waals surface area contributed by atoms with Crippen molar-refractivity contribution in [3.63, 3.8) is 0 Å². The maximum absolute atomic E-state index is 5.83. The van der Waals surface area contributed by atoms with Crippen molar-refractivity contribution < 1.29 is 0 Å². The third-order valence-electron chi connectivity index (χ3n) is 2.93. The fourth-order valence-corrected chi connectivity index (χ4v) is 3.46. The van der Waals surface area contributed by atoms with Crippen molar-refractivity contribution in [2.24, 2.45) is 11.1 Å². The molecule has 0 amide bonds. The summed E-state index contributed by atoms with van der Waals surface area (Å²) in [7, 11) is 0. The van der Waals surface area contributed by atoms with Gasteiger partial charge in [-0.2, -0.15) is 0 Å². The first-order valence-corrected chi connectivity index (χ1v) is 6.00. The van der Waals surface area contributed by atoms with Crippen LogP contribution in [0, 0.1) is 12.3 Å². The van der Waals surface area contributed by atoms with E-state index >= 15 is 0 Å². The van der Waals surface area contributed by atoms with Crippen molar-refractivity contribution in [3.05, 3.63) is 15.6 Å². The predicted octanol–water partition coefficient (Wildman–Crippen LogP) is 2.47. The topological polar surface area (TPSA) is 38.9 Å². The van der Waals surface area contributed by atoms with E-state index < -0.39 is 0 Å². The summed E-state index contributed by atoms with van der Waals surface area (Å²) >= 11 is 1.83. The average molecular weight is 210 g/mol. The summed E-state index contributed by atoms with van der Waals surface area (Å²) in [6.07, 6.45) is 2.32. The molecule has 3 heteroatoms. The number of hydrogen-bond donors (Lipinski definition) is 1. The summed E-state index contributed by atoms with van der Waals surface area (Å²) in [6, 6.07) is 0. The van der Waals surface area contributed by atoms with Gasteiger partial charge in [0.25, 0.3) is 0 Å². The van der Waals surface area contributed by atoms with Crippen LogP contribution in [0.25, 0.3) is 0 Å². The molecule has 1 aliphatic carbocycles. The first-order valence-electron chi connectivity index (χ1n) is 5.18. The number of nitrogens with zero attached hydrogens (tertiary/aromatic N) is 1. The number of thiazole rings is 1. The Hall–Kier alpha value is -0.410. The van der Waals surface area contributed by atoms with Crippen LogP contribution in [0.5, 0.6) is 0 Å². The van der Waals surface area contributed by atoms with Crippen LogP contribution < -0.4 is 5.73 Å². The second-order valence-corrected chi connectivity index (χ2v) is 6.26. The van der Waals surface area contributed by atoms with Crippen molar-refractivity contribution >= 4 is 11.3 Å². The van der Waals surface area contributed by atoms with Gasteiger partial charge in [-0.1, -0.05) is 13.8 Å². The van der Waals surface area contributed by atoms with Crippen molar-refractivity contribution in [2.45, 2.75) is 39.5 Å². The second-order valence-electron chi connectivity index (χ2n) is 5.02. The molecule has 14 heavy (non-hydrogen) atoms. The standard InChI is InChI=1S/C11H18N2S/c1-7-13-9-5-11(2,3)4-8(6-12)10(9)14-7/h8H,4-6,12H2,1-3H3. The van der Waals surface area contributed by atoms with E-state index in [4.69, 9.17) is 5.73 Å². The molecular weight excluding hydrogens is 192 g/mol. The Morgan fingerprint density at radius 2 is 2.29 bits per heavy atom. The Morgan fingerprint density at radius 1 is 1.57 bits per heavy atom. The van der Waals surface area contributed by atoms with Crippen molar-refractivity contribution in [1.29, 1.82) is 0 Å². The molecule has 78 valence electrons. The van der Waals surface area contributed by atoms with Crippen LogP contribution in [0.3, 0.4) is 0 Å². The Balaban J connectivity index is 2.40. The molecule has 1 atom stereocenters. The molecule has 0 radical (unpaired) electrons. The van der Waals surface area contributed by atoms with Gasteiger partial charge in [0.05, 0.1) is 10.7 Å². The minimum absolute atomic E-state index is 0.373. The van der Waals surface area contributed by atoms with E-state index in [0.29, 0.717) is 11.3 Å². The summed E-state index contributed by atoms with van der Waals surface area (Å²) in [5.74, 6) is 0.542. The number of nitrogens with two attached hydrogens (primary N) is 1. The Labute approximate surface area is 89.5 Å². The van der Waals surface area contributed by atoms with Gasteiger partial charge >= 0.3 is 0 Å². The number of hydrogen-bond acceptors (Lipinski definition) is 3. The normalized spacial score (nSPS) is 24.7. The van der Waals surface area contributed by atoms with E-state index in [-0.39, 0.29) is 0 Å². The second kappa shape index (κ2) is 3.31. The van der Waals surface area contributed by atoms with Crippen molar-refractivity contribution in [3.8, 4) is 0 Å². The van der Waals surface area contributed by atoms with Crippen LogP contribution in [-0.4, -0.2) is 11.5 Å². The first kappa shape index (κ1) is 10.1. The molecule has 0 aromatic carbocycles. The quantitative estimate of drug-likeness (QED) is 0.773. The van der Waals surface area contributed by atoms with Crippen molar-refractivity contribution in [2.75, 3.05) is 6.54 Å². The summed E-state index contributed by atoms with van der Waals surface area (Å²) in [5, 5.41) is 1.19. The van der Waals surface area contributed by atoms with E-state index in [2.05, 4.69) is 25.8 Å². The van der Waals surface area contributed by atoms with Crippen LogP contribution in [0.15, 0.2) is 0 Å². The van der Waals surface area contributed by atoms with Crippen LogP contribution in [0.4, 0.5) is 0 Å². The Bertz CT molecular complexity index is 341. The van der Waals surface area contributed by atoms with Gasteiger partial charge in [-0.3, -0.25) is 0 Å². The number of rotatable bonds is 1. The van der Waals surface area contributed by atoms with E-state index in [1.54, 1.807) is 0 Å². The molecule has 0 fully saturated rings. The molecular formula is C11H18N2S. The Kier molecular flexibility index (Phi) is 2.40. The lowest BCUT2D eigenvalue weighted by Gasteiger charge is -2.33. The van der Waals surface area contributed by atoms with Crippen LogP contribution in [0.1, 0.15) is 41.8 Å². The van der Waals surface area contributed by atoms with Gasteiger partial charge in [0.2, 0.25) is 0 Å². The molecule has 2 nitrogen and oxygen atoms in total. The van der Waals surface area contributed by atoms with E-state index in [0.717, 1.165) is 13.0 Å². The summed E-state index contributed by atoms with van der Waals surface area (Å²) in [6.45, 7) is 7.47. The predicted molar refractivity (Wildman–Crippen MR) is 60.7 cm³/mol. The number of fused-ring (bicyclic) bond motifs is 1. The van der Waals surface area contributed by atoms with Gasteiger partial charge in [0.15, 0.2) is 0 Å². The molecule has 0 saturated heterocycles. The van der Waals surface area contributed by atoms with Gasteiger partial charge in [0.1, 0.15) is 0 Å². The average Bonchev–Trinajstić information content (AvgIpc) is 2.41. The molecule has 0 spiro atoms. The van der Waals surface area contributed by atoms with Gasteiger partial charge < -0.3 is 5.73 Å². The van der Waals surface area contributed by atoms with Crippen molar-refractivity contribution in [1.82, 2.24) is 4.98 Å². The van der Waals surface area contributed by atoms with E-state index in [1.807, 2.05) is 11.3 Å². The lowest BCUT2D eigenvalue weighted by molar-refractivity contribution is 0.282. The van der Waals surface area contributed by atoms with Crippen LogP contribution >= 0.6 is 11.3 Å². The minimum atomic E-state index is 0.373. The highest BCUT2D eigenvalue weighted by Gasteiger charge is 2.33. The largest absolute Gasteiger partial charge is 0.330 e. The SMILES string of the molecule is Cc1nc2c(s1)C(CN)CC(C)(C)C2. The van der Waals surface area contributed by atoms with Gasteiger partial charge in [-0.05, 0) is 25.2 Å². The molecule has 1 aromatic rings. The smallest absolute Gasteiger partial charge is 0.0900 e. The van der Waals surface area contributed by atoms with Gasteiger partial charge in [-0.15, -0.1) is 11.3 Å². The molecule has 1 heterocycles. The highest BCUT2D eigenvalue weighted by atomic mass is 32.1. The fourth-order valence-electron chi connectivity index (χ4n) is 2.41. The van der Waals surface area contributed by atoms with Crippen LogP contribution in [-0.2, 0) is 6.42 Å². The van der Waals surface area contributed by atoms with Crippen LogP contribution in [0.2, 0.25) is 0 Å². The summed E-state index contributed by atoms with van der Waals surface area (Å²) < 4.78 is 0. The minimum Gasteiger partial charge on any atom is -0.330 e. The number of aryl methyl sites for hydroxylation is 1. The fraction of sp³-hybridized carbons (Fsp3) is 0.727. The molecule has 0 aliphatic heterocycles. The lowest BCUT2D eigenvalue weighted by Crippen LogP contribution is -2.28. The highest BCUT2D eigenvalue weighted by Crippen LogP contribution is 2.43. The molecule has 2 rings (SSSR count). The zero-order valence-electron chi connectivity index (χ0n) is 9.13. The summed E-state index contributed by atoms with van der Waals surface area (Å²) in [5.41, 5.74) is 7.50. The number of aromatic nitrogens is 1. The van der Waals surface area contributed by atoms with Gasteiger partial charge in [0, 0.05) is 17.3 Å². The molecule has 1 aliphatic rings. The third kappa shape index (κ3) is 1.71. The first-order chi connectivity index (χ1) is 6.52. The Morgan fingerprint density at radius 3 is 2.93 bits per heavy atom. The molecule has 1 aromatic heterocycles. The maximum atomic E-state index is 5.83. The molecule has 0 saturated carbocycles. The third-order valence-corrected chi connectivity index (χ3v) is 4.11. The zero-order valence-corrected chi connectivity index (χ0v) is 9.95. The van der Waals surface area contributed by atoms with E-state index in [1.165, 1.54) is 22.0 Å². The molecule has 0 bridgehead atoms. The maximum Gasteiger partial charge on any atom is 0.0900 e. The van der Waals surface area contributed by atoms with Gasteiger partial charge in [-0.25, -0.2) is 4.98 Å². The summed E-state index contributed by atoms with van der Waals surface area (Å²) in [4.78, 5) is 6.06. The monoisotopic (exact) mass is 210 g/mol.